The zero-order valence-electron chi connectivity index (χ0n) is 16.0. The summed E-state index contributed by atoms with van der Waals surface area (Å²) in [5, 5.41) is 13.6. The molecule has 0 aliphatic carbocycles. The second-order valence-corrected chi connectivity index (χ2v) is 6.25. The van der Waals surface area contributed by atoms with Crippen LogP contribution in [0.3, 0.4) is 0 Å². The zero-order valence-corrected chi connectivity index (χ0v) is 16.0. The van der Waals surface area contributed by atoms with Crippen molar-refractivity contribution in [2.24, 2.45) is 0 Å². The van der Waals surface area contributed by atoms with Crippen LogP contribution in [0.25, 0.3) is 0 Å². The van der Waals surface area contributed by atoms with Crippen molar-refractivity contribution >= 4 is 23.7 Å². The Balaban J connectivity index is 1.96. The Morgan fingerprint density at radius 1 is 1.00 bits per heavy atom. The Bertz CT molecular complexity index is 888. The Kier molecular flexibility index (Phi) is 8.24. The van der Waals surface area contributed by atoms with Gasteiger partial charge in [-0.25, -0.2) is 4.79 Å². The number of carbonyl (C=O) groups is 3. The molecular weight excluding hydrogens is 421 g/mol. The molecule has 0 bridgehead atoms. The molecule has 166 valence electrons. The SMILES string of the molecule is O=C(O)CC[C@H](NC(=O)OCc1ccccc1)C(=O)Nc1ccc(OC(F)(F)F)cc1. The molecule has 2 amide bonds. The lowest BCUT2D eigenvalue weighted by Crippen LogP contribution is -2.44. The zero-order chi connectivity index (χ0) is 22.9. The number of alkyl carbamates (subject to hydrolysis) is 1. The second-order valence-electron chi connectivity index (χ2n) is 6.25. The first-order valence-corrected chi connectivity index (χ1v) is 8.98. The van der Waals surface area contributed by atoms with Crippen molar-refractivity contribution in [3.05, 3.63) is 60.2 Å². The lowest BCUT2D eigenvalue weighted by molar-refractivity contribution is -0.274. The molecule has 2 aromatic carbocycles. The molecule has 31 heavy (non-hydrogen) atoms. The van der Waals surface area contributed by atoms with Crippen molar-refractivity contribution in [3.8, 4) is 5.75 Å². The van der Waals surface area contributed by atoms with Gasteiger partial charge in [0.15, 0.2) is 0 Å². The summed E-state index contributed by atoms with van der Waals surface area (Å²) in [6, 6.07) is 11.8. The van der Waals surface area contributed by atoms with Crippen LogP contribution in [0.15, 0.2) is 54.6 Å². The van der Waals surface area contributed by atoms with Gasteiger partial charge in [0, 0.05) is 12.1 Å². The molecular formula is C20H19F3N2O6. The van der Waals surface area contributed by atoms with Gasteiger partial charge in [0.1, 0.15) is 18.4 Å². The average molecular weight is 440 g/mol. The lowest BCUT2D eigenvalue weighted by atomic mass is 10.1. The summed E-state index contributed by atoms with van der Waals surface area (Å²) < 4.78 is 45.4. The Hall–Kier alpha value is -3.76. The maximum Gasteiger partial charge on any atom is 0.573 e. The Morgan fingerprint density at radius 3 is 2.23 bits per heavy atom. The van der Waals surface area contributed by atoms with Crippen molar-refractivity contribution in [3.63, 3.8) is 0 Å². The molecule has 2 aromatic rings. The Morgan fingerprint density at radius 2 is 1.65 bits per heavy atom. The molecule has 3 N–H and O–H groups in total. The summed E-state index contributed by atoms with van der Waals surface area (Å²) in [5.41, 5.74) is 0.838. The average Bonchev–Trinajstić information content (AvgIpc) is 2.70. The van der Waals surface area contributed by atoms with Crippen LogP contribution < -0.4 is 15.4 Å². The summed E-state index contributed by atoms with van der Waals surface area (Å²) in [7, 11) is 0. The number of aliphatic carboxylic acids is 1. The van der Waals surface area contributed by atoms with Gasteiger partial charge in [0.2, 0.25) is 5.91 Å². The predicted octanol–water partition coefficient (Wildman–Crippen LogP) is 3.68. The molecule has 0 aromatic heterocycles. The molecule has 0 spiro atoms. The third-order valence-corrected chi connectivity index (χ3v) is 3.82. The minimum absolute atomic E-state index is 0.0549. The number of carbonyl (C=O) groups excluding carboxylic acids is 2. The summed E-state index contributed by atoms with van der Waals surface area (Å²) in [6.45, 7) is -0.0549. The van der Waals surface area contributed by atoms with E-state index in [9.17, 15) is 27.6 Å². The molecule has 2 rings (SSSR count). The smallest absolute Gasteiger partial charge is 0.481 e. The van der Waals surface area contributed by atoms with Gasteiger partial charge in [-0.05, 0) is 36.2 Å². The normalized spacial score (nSPS) is 11.8. The van der Waals surface area contributed by atoms with Crippen molar-refractivity contribution in [2.45, 2.75) is 31.9 Å². The first kappa shape index (κ1) is 23.5. The van der Waals surface area contributed by atoms with Crippen LogP contribution in [0.4, 0.5) is 23.7 Å². The van der Waals surface area contributed by atoms with Crippen LogP contribution in [0.1, 0.15) is 18.4 Å². The fourth-order valence-corrected chi connectivity index (χ4v) is 2.41. The highest BCUT2D eigenvalue weighted by atomic mass is 19.4. The summed E-state index contributed by atoms with van der Waals surface area (Å²) in [5.74, 6) is -2.41. The summed E-state index contributed by atoms with van der Waals surface area (Å²) in [4.78, 5) is 35.3. The number of halogens is 3. The highest BCUT2D eigenvalue weighted by Crippen LogP contribution is 2.24. The number of hydrogen-bond donors (Lipinski definition) is 3. The molecule has 0 heterocycles. The standard InChI is InChI=1S/C20H19F3N2O6/c21-20(22,23)31-15-8-6-14(7-9-15)24-18(28)16(10-11-17(26)27)25-19(29)30-12-13-4-2-1-3-5-13/h1-9,16H,10-12H2,(H,24,28)(H,25,29)(H,26,27)/t16-/m0/s1. The van der Waals surface area contributed by atoms with Crippen molar-refractivity contribution in [1.82, 2.24) is 5.32 Å². The number of carboxylic acids is 1. The van der Waals surface area contributed by atoms with E-state index in [1.807, 2.05) is 0 Å². The summed E-state index contributed by atoms with van der Waals surface area (Å²) >= 11 is 0. The number of benzene rings is 2. The van der Waals surface area contributed by atoms with Crippen LogP contribution in [-0.2, 0) is 20.9 Å². The van der Waals surface area contributed by atoms with E-state index in [0.717, 1.165) is 12.1 Å². The van der Waals surface area contributed by atoms with Crippen molar-refractivity contribution in [1.29, 1.82) is 0 Å². The van der Waals surface area contributed by atoms with Gasteiger partial charge < -0.3 is 25.2 Å². The second kappa shape index (κ2) is 10.9. The van der Waals surface area contributed by atoms with Gasteiger partial charge in [-0.1, -0.05) is 30.3 Å². The third kappa shape index (κ3) is 9.07. The topological polar surface area (TPSA) is 114 Å². The molecule has 0 aliphatic rings. The van der Waals surface area contributed by atoms with E-state index in [1.165, 1.54) is 12.1 Å². The fraction of sp³-hybridized carbons (Fsp3) is 0.250. The van der Waals surface area contributed by atoms with Gasteiger partial charge in [-0.3, -0.25) is 9.59 Å². The first-order chi connectivity index (χ1) is 14.6. The number of carboxylic acid groups (broad SMARTS) is 1. The number of rotatable bonds is 9. The van der Waals surface area contributed by atoms with Crippen LogP contribution >= 0.6 is 0 Å². The van der Waals surface area contributed by atoms with Crippen LogP contribution in [-0.4, -0.2) is 35.5 Å². The van der Waals surface area contributed by atoms with E-state index in [0.29, 0.717) is 5.56 Å². The van der Waals surface area contributed by atoms with Gasteiger partial charge in [0.05, 0.1) is 0 Å². The third-order valence-electron chi connectivity index (χ3n) is 3.82. The maximum absolute atomic E-state index is 12.5. The number of nitrogens with one attached hydrogen (secondary N) is 2. The molecule has 8 nitrogen and oxygen atoms in total. The molecule has 0 fully saturated rings. The molecule has 0 radical (unpaired) electrons. The number of alkyl halides is 3. The van der Waals surface area contributed by atoms with Gasteiger partial charge in [-0.15, -0.1) is 13.2 Å². The van der Waals surface area contributed by atoms with Crippen LogP contribution in [0, 0.1) is 0 Å². The minimum atomic E-state index is -4.85. The van der Waals surface area contributed by atoms with Gasteiger partial charge in [-0.2, -0.15) is 0 Å². The molecule has 0 unspecified atom stereocenters. The number of ether oxygens (including phenoxy) is 2. The van der Waals surface area contributed by atoms with Crippen molar-refractivity contribution < 1.29 is 42.1 Å². The quantitative estimate of drug-likeness (QED) is 0.548. The minimum Gasteiger partial charge on any atom is -0.481 e. The number of amides is 2. The number of anilines is 1. The monoisotopic (exact) mass is 440 g/mol. The molecule has 0 saturated carbocycles. The van der Waals surface area contributed by atoms with Gasteiger partial charge in [0.25, 0.3) is 0 Å². The van der Waals surface area contributed by atoms with E-state index >= 15 is 0 Å². The van der Waals surface area contributed by atoms with Crippen LogP contribution in [0.2, 0.25) is 0 Å². The van der Waals surface area contributed by atoms with E-state index in [-0.39, 0.29) is 18.7 Å². The molecule has 0 aliphatic heterocycles. The largest absolute Gasteiger partial charge is 0.573 e. The number of hydrogen-bond acceptors (Lipinski definition) is 5. The highest BCUT2D eigenvalue weighted by molar-refractivity contribution is 5.96. The van der Waals surface area contributed by atoms with E-state index in [1.54, 1.807) is 30.3 Å². The van der Waals surface area contributed by atoms with E-state index in [4.69, 9.17) is 9.84 Å². The lowest BCUT2D eigenvalue weighted by Gasteiger charge is -2.18. The van der Waals surface area contributed by atoms with Gasteiger partial charge >= 0.3 is 18.4 Å². The highest BCUT2D eigenvalue weighted by Gasteiger charge is 2.31. The fourth-order valence-electron chi connectivity index (χ4n) is 2.41. The maximum atomic E-state index is 12.5. The van der Waals surface area contributed by atoms with Crippen LogP contribution in [0.5, 0.6) is 5.75 Å². The van der Waals surface area contributed by atoms with Crippen molar-refractivity contribution in [2.75, 3.05) is 5.32 Å². The molecule has 11 heteroatoms. The predicted molar refractivity (Wildman–Crippen MR) is 102 cm³/mol. The molecule has 0 saturated heterocycles. The summed E-state index contributed by atoms with van der Waals surface area (Å²) in [6.07, 6.45) is -6.41. The Labute approximate surface area is 175 Å². The molecule has 1 atom stereocenters. The first-order valence-electron chi connectivity index (χ1n) is 8.98. The van der Waals surface area contributed by atoms with E-state index < -0.39 is 42.5 Å². The van der Waals surface area contributed by atoms with E-state index in [2.05, 4.69) is 15.4 Å².